The normalized spacial score (nSPS) is 19.1. The monoisotopic (exact) mass is 391 g/mol. The molecule has 2 N–H and O–H groups in total. The zero-order chi connectivity index (χ0) is 20.1. The molecule has 1 aromatic heterocycles. The van der Waals surface area contributed by atoms with Crippen molar-refractivity contribution in [2.45, 2.75) is 50.8 Å². The molecule has 0 spiro atoms. The summed E-state index contributed by atoms with van der Waals surface area (Å²) in [7, 11) is 0. The Morgan fingerprint density at radius 3 is 2.38 bits per heavy atom. The van der Waals surface area contributed by atoms with Gasteiger partial charge in [0.1, 0.15) is 0 Å². The number of carbonyl (C=O) groups excluding carboxylic acids is 1. The molecule has 7 heteroatoms. The summed E-state index contributed by atoms with van der Waals surface area (Å²) in [5, 5.41) is 25.2. The molecule has 0 radical (unpaired) electrons. The van der Waals surface area contributed by atoms with Gasteiger partial charge in [-0.05, 0) is 42.0 Å². The molecule has 1 aliphatic carbocycles. The number of amides is 1. The van der Waals surface area contributed by atoms with E-state index in [0.717, 1.165) is 42.4 Å². The van der Waals surface area contributed by atoms with Gasteiger partial charge in [-0.2, -0.15) is 4.80 Å². The molecule has 3 aromatic rings. The van der Waals surface area contributed by atoms with Crippen LogP contribution in [0.4, 0.5) is 0 Å². The van der Waals surface area contributed by atoms with Crippen molar-refractivity contribution in [2.24, 2.45) is 0 Å². The molecule has 1 fully saturated rings. The van der Waals surface area contributed by atoms with E-state index in [1.54, 1.807) is 4.80 Å². The minimum Gasteiger partial charge on any atom is -0.392 e. The third-order valence-electron chi connectivity index (χ3n) is 5.42. The molecule has 0 aliphatic heterocycles. The first kappa shape index (κ1) is 19.3. The summed E-state index contributed by atoms with van der Waals surface area (Å²) in [4.78, 5) is 14.1. The van der Waals surface area contributed by atoms with E-state index in [1.807, 2.05) is 54.6 Å². The van der Waals surface area contributed by atoms with Gasteiger partial charge in [0.2, 0.25) is 11.7 Å². The molecule has 0 bridgehead atoms. The van der Waals surface area contributed by atoms with Gasteiger partial charge < -0.3 is 10.4 Å². The third-order valence-corrected chi connectivity index (χ3v) is 5.42. The van der Waals surface area contributed by atoms with E-state index in [4.69, 9.17) is 5.11 Å². The number of nitrogens with one attached hydrogen (secondary N) is 1. The van der Waals surface area contributed by atoms with E-state index in [1.165, 1.54) is 0 Å². The number of benzene rings is 2. The number of hydrogen-bond donors (Lipinski definition) is 2. The molecule has 150 valence electrons. The Morgan fingerprint density at radius 1 is 1.00 bits per heavy atom. The van der Waals surface area contributed by atoms with Crippen LogP contribution in [-0.4, -0.2) is 37.3 Å². The summed E-state index contributed by atoms with van der Waals surface area (Å²) in [5.41, 5.74) is 2.77. The highest BCUT2D eigenvalue weighted by Gasteiger charge is 2.25. The lowest BCUT2D eigenvalue weighted by atomic mass is 9.91. The highest BCUT2D eigenvalue weighted by Crippen LogP contribution is 2.28. The van der Waals surface area contributed by atoms with E-state index in [-0.39, 0.29) is 24.6 Å². The Kier molecular flexibility index (Phi) is 5.95. The van der Waals surface area contributed by atoms with Crippen LogP contribution < -0.4 is 5.32 Å². The number of aliphatic hydroxyl groups excluding tert-OH is 1. The third kappa shape index (κ3) is 4.86. The Bertz CT molecular complexity index is 931. The van der Waals surface area contributed by atoms with Crippen molar-refractivity contribution in [3.63, 3.8) is 0 Å². The fourth-order valence-corrected chi connectivity index (χ4v) is 3.76. The van der Waals surface area contributed by atoms with Gasteiger partial charge in [-0.3, -0.25) is 4.79 Å². The average Bonchev–Trinajstić information content (AvgIpc) is 3.26. The van der Waals surface area contributed by atoms with Crippen molar-refractivity contribution in [1.82, 2.24) is 25.5 Å². The molecular formula is C22H25N5O2. The summed E-state index contributed by atoms with van der Waals surface area (Å²) >= 11 is 0. The molecule has 0 unspecified atom stereocenters. The highest BCUT2D eigenvalue weighted by molar-refractivity contribution is 5.78. The van der Waals surface area contributed by atoms with Crippen LogP contribution in [0.3, 0.4) is 0 Å². The van der Waals surface area contributed by atoms with Crippen LogP contribution in [0.2, 0.25) is 0 Å². The molecular weight excluding hydrogens is 366 g/mol. The fourth-order valence-electron chi connectivity index (χ4n) is 3.76. The highest BCUT2D eigenvalue weighted by atomic mass is 16.3. The lowest BCUT2D eigenvalue weighted by Gasteiger charge is -2.28. The number of aromatic nitrogens is 4. The molecule has 0 atom stereocenters. The number of aliphatic hydroxyl groups is 1. The Morgan fingerprint density at radius 2 is 1.69 bits per heavy atom. The van der Waals surface area contributed by atoms with Gasteiger partial charge in [0.25, 0.3) is 0 Å². The zero-order valence-corrected chi connectivity index (χ0v) is 16.2. The molecule has 29 heavy (non-hydrogen) atoms. The molecule has 1 aliphatic rings. The number of rotatable bonds is 6. The minimum absolute atomic E-state index is 0.0171. The largest absolute Gasteiger partial charge is 0.392 e. The van der Waals surface area contributed by atoms with Gasteiger partial charge in [-0.15, -0.1) is 10.2 Å². The maximum atomic E-state index is 12.3. The van der Waals surface area contributed by atoms with E-state index in [0.29, 0.717) is 12.2 Å². The number of carbonyl (C=O) groups is 1. The lowest BCUT2D eigenvalue weighted by molar-refractivity contribution is -0.121. The Hall–Kier alpha value is -3.06. The van der Waals surface area contributed by atoms with Crippen molar-refractivity contribution >= 4 is 5.91 Å². The van der Waals surface area contributed by atoms with Crippen molar-refractivity contribution in [1.29, 1.82) is 0 Å². The zero-order valence-electron chi connectivity index (χ0n) is 16.2. The van der Waals surface area contributed by atoms with Gasteiger partial charge in [0.15, 0.2) is 0 Å². The lowest BCUT2D eigenvalue weighted by Crippen LogP contribution is -2.39. The smallest absolute Gasteiger partial charge is 0.224 e. The predicted octanol–water partition coefficient (Wildman–Crippen LogP) is 2.68. The van der Waals surface area contributed by atoms with Gasteiger partial charge in [-0.25, -0.2) is 0 Å². The van der Waals surface area contributed by atoms with Crippen LogP contribution in [0.1, 0.15) is 42.9 Å². The molecule has 1 heterocycles. The first-order valence-electron chi connectivity index (χ1n) is 10.0. The SMILES string of the molecule is O=C(Cc1ccc(CO)cc1)NC1CCC(n2nnc(-c3ccccc3)n2)CC1. The van der Waals surface area contributed by atoms with Gasteiger partial charge >= 0.3 is 0 Å². The summed E-state index contributed by atoms with van der Waals surface area (Å²) in [6.45, 7) is 0.0171. The summed E-state index contributed by atoms with van der Waals surface area (Å²) in [5.74, 6) is 0.684. The fraction of sp³-hybridized carbons (Fsp3) is 0.364. The first-order valence-corrected chi connectivity index (χ1v) is 10.0. The minimum atomic E-state index is 0.0171. The number of tetrazole rings is 1. The Balaban J connectivity index is 1.27. The molecule has 2 aromatic carbocycles. The van der Waals surface area contributed by atoms with Gasteiger partial charge in [0.05, 0.1) is 19.1 Å². The van der Waals surface area contributed by atoms with Crippen LogP contribution in [0.15, 0.2) is 54.6 Å². The second-order valence-electron chi connectivity index (χ2n) is 7.52. The van der Waals surface area contributed by atoms with Crippen molar-refractivity contribution < 1.29 is 9.90 Å². The predicted molar refractivity (Wildman–Crippen MR) is 109 cm³/mol. The number of nitrogens with zero attached hydrogens (tertiary/aromatic N) is 4. The van der Waals surface area contributed by atoms with Crippen LogP contribution in [-0.2, 0) is 17.8 Å². The van der Waals surface area contributed by atoms with Crippen LogP contribution in [0.25, 0.3) is 11.4 Å². The quantitative estimate of drug-likeness (QED) is 0.674. The van der Waals surface area contributed by atoms with E-state index in [2.05, 4.69) is 20.7 Å². The maximum absolute atomic E-state index is 12.3. The maximum Gasteiger partial charge on any atom is 0.224 e. The standard InChI is InChI=1S/C22H25N5O2/c28-15-17-8-6-16(7-9-17)14-21(29)23-19-10-12-20(13-11-19)27-25-22(24-26-27)18-4-2-1-3-5-18/h1-9,19-20,28H,10-15H2,(H,23,29). The number of hydrogen-bond acceptors (Lipinski definition) is 5. The van der Waals surface area contributed by atoms with Gasteiger partial charge in [0, 0.05) is 11.6 Å². The second kappa shape index (κ2) is 8.96. The van der Waals surface area contributed by atoms with E-state index < -0.39 is 0 Å². The van der Waals surface area contributed by atoms with Crippen LogP contribution >= 0.6 is 0 Å². The molecule has 7 nitrogen and oxygen atoms in total. The van der Waals surface area contributed by atoms with Crippen molar-refractivity contribution in [3.05, 3.63) is 65.7 Å². The molecule has 1 amide bonds. The van der Waals surface area contributed by atoms with Crippen molar-refractivity contribution in [2.75, 3.05) is 0 Å². The van der Waals surface area contributed by atoms with Crippen molar-refractivity contribution in [3.8, 4) is 11.4 Å². The molecule has 0 saturated heterocycles. The van der Waals surface area contributed by atoms with Crippen LogP contribution in [0.5, 0.6) is 0 Å². The van der Waals surface area contributed by atoms with E-state index >= 15 is 0 Å². The van der Waals surface area contributed by atoms with E-state index in [9.17, 15) is 4.79 Å². The summed E-state index contributed by atoms with van der Waals surface area (Å²) in [6, 6.07) is 17.7. The van der Waals surface area contributed by atoms with Crippen LogP contribution in [0, 0.1) is 0 Å². The average molecular weight is 391 g/mol. The second-order valence-corrected chi connectivity index (χ2v) is 7.52. The first-order chi connectivity index (χ1) is 14.2. The topological polar surface area (TPSA) is 92.9 Å². The molecule has 4 rings (SSSR count). The molecule has 1 saturated carbocycles. The summed E-state index contributed by atoms with van der Waals surface area (Å²) < 4.78 is 0. The van der Waals surface area contributed by atoms with Gasteiger partial charge in [-0.1, -0.05) is 54.6 Å². The Labute approximate surface area is 169 Å². The summed E-state index contributed by atoms with van der Waals surface area (Å²) in [6.07, 6.45) is 4.00.